The van der Waals surface area contributed by atoms with Crippen LogP contribution in [0.1, 0.15) is 46.5 Å². The van der Waals surface area contributed by atoms with Gasteiger partial charge in [-0.1, -0.05) is 26.7 Å². The number of ether oxygens (including phenoxy) is 1. The molecule has 0 rings (SSSR count). The largest absolute Gasteiger partial charge is 0.465 e. The summed E-state index contributed by atoms with van der Waals surface area (Å²) >= 11 is 0. The van der Waals surface area contributed by atoms with Crippen molar-refractivity contribution in [3.05, 3.63) is 0 Å². The highest BCUT2D eigenvalue weighted by atomic mass is 16.5. The number of carbonyl (C=O) groups excluding carboxylic acids is 1. The number of carboxylic acid groups (broad SMARTS) is 1. The minimum atomic E-state index is -0.932. The summed E-state index contributed by atoms with van der Waals surface area (Å²) in [4.78, 5) is 20.3. The van der Waals surface area contributed by atoms with E-state index >= 15 is 0 Å². The third kappa shape index (κ3) is 20.0. The van der Waals surface area contributed by atoms with Gasteiger partial charge >= 0.3 is 12.2 Å². The van der Waals surface area contributed by atoms with E-state index in [1.165, 1.54) is 0 Å². The van der Waals surface area contributed by atoms with Crippen molar-refractivity contribution in [1.29, 1.82) is 0 Å². The highest BCUT2D eigenvalue weighted by Crippen LogP contribution is 1.83. The molecule has 0 radical (unpaired) electrons. The number of amides is 2. The zero-order valence-corrected chi connectivity index (χ0v) is 11.6. The normalized spacial score (nSPS) is 8.83. The van der Waals surface area contributed by atoms with Crippen LogP contribution in [-0.2, 0) is 4.74 Å². The number of carbonyl (C=O) groups is 2. The summed E-state index contributed by atoms with van der Waals surface area (Å²) in [6, 6.07) is 0. The zero-order chi connectivity index (χ0) is 14.2. The summed E-state index contributed by atoms with van der Waals surface area (Å²) < 4.78 is 4.64. The molecule has 0 aromatic carbocycles. The Bertz CT molecular complexity index is 210. The summed E-state index contributed by atoms with van der Waals surface area (Å²) in [5.74, 6) is 0. The SMILES string of the molecule is CCCCNC(=O)O.CCCCNC(=O)OCC. The molecule has 0 saturated carbocycles. The Hall–Kier alpha value is -1.46. The smallest absolute Gasteiger partial charge is 0.407 e. The molecule has 0 fully saturated rings. The number of hydrogen-bond acceptors (Lipinski definition) is 3. The first-order valence-electron chi connectivity index (χ1n) is 6.45. The first kappa shape index (κ1) is 18.9. The summed E-state index contributed by atoms with van der Waals surface area (Å²) in [7, 11) is 0. The second-order valence-electron chi connectivity index (χ2n) is 3.59. The Morgan fingerprint density at radius 2 is 1.50 bits per heavy atom. The molecule has 2 amide bonds. The fourth-order valence-electron chi connectivity index (χ4n) is 0.921. The van der Waals surface area contributed by atoms with Crippen LogP contribution in [0.5, 0.6) is 0 Å². The van der Waals surface area contributed by atoms with Gasteiger partial charge in [0, 0.05) is 13.1 Å². The van der Waals surface area contributed by atoms with Crippen molar-refractivity contribution in [2.45, 2.75) is 46.5 Å². The molecule has 3 N–H and O–H groups in total. The van der Waals surface area contributed by atoms with Crippen LogP contribution in [0, 0.1) is 0 Å². The van der Waals surface area contributed by atoms with Crippen molar-refractivity contribution in [3.63, 3.8) is 0 Å². The lowest BCUT2D eigenvalue weighted by atomic mass is 10.3. The lowest BCUT2D eigenvalue weighted by Gasteiger charge is -2.02. The highest BCUT2D eigenvalue weighted by molar-refractivity contribution is 5.66. The van der Waals surface area contributed by atoms with Crippen LogP contribution < -0.4 is 10.6 Å². The highest BCUT2D eigenvalue weighted by Gasteiger charge is 1.95. The van der Waals surface area contributed by atoms with Gasteiger partial charge in [0.15, 0.2) is 0 Å². The molecule has 0 aliphatic rings. The first-order valence-corrected chi connectivity index (χ1v) is 6.45. The Balaban J connectivity index is 0. The monoisotopic (exact) mass is 262 g/mol. The van der Waals surface area contributed by atoms with Crippen LogP contribution in [0.2, 0.25) is 0 Å². The molecule has 0 spiro atoms. The van der Waals surface area contributed by atoms with Crippen molar-refractivity contribution >= 4 is 12.2 Å². The lowest BCUT2D eigenvalue weighted by Crippen LogP contribution is -2.24. The number of alkyl carbamates (subject to hydrolysis) is 1. The number of unbranched alkanes of at least 4 members (excludes halogenated alkanes) is 2. The molecule has 0 aromatic rings. The van der Waals surface area contributed by atoms with Crippen molar-refractivity contribution in [2.75, 3.05) is 19.7 Å². The Kier molecular flexibility index (Phi) is 16.3. The van der Waals surface area contributed by atoms with E-state index in [-0.39, 0.29) is 6.09 Å². The summed E-state index contributed by atoms with van der Waals surface area (Å²) in [5.41, 5.74) is 0. The van der Waals surface area contributed by atoms with Gasteiger partial charge < -0.3 is 20.5 Å². The third-order valence-corrected chi connectivity index (χ3v) is 1.88. The van der Waals surface area contributed by atoms with Crippen LogP contribution in [0.3, 0.4) is 0 Å². The minimum Gasteiger partial charge on any atom is -0.465 e. The molecule has 0 aromatic heterocycles. The van der Waals surface area contributed by atoms with E-state index in [1.807, 2.05) is 6.92 Å². The Morgan fingerprint density at radius 1 is 1.00 bits per heavy atom. The van der Waals surface area contributed by atoms with Crippen LogP contribution in [0.4, 0.5) is 9.59 Å². The molecule has 0 unspecified atom stereocenters. The van der Waals surface area contributed by atoms with Gasteiger partial charge in [-0.05, 0) is 19.8 Å². The third-order valence-electron chi connectivity index (χ3n) is 1.88. The molecular weight excluding hydrogens is 236 g/mol. The number of hydrogen-bond donors (Lipinski definition) is 3. The molecule has 0 saturated heterocycles. The van der Waals surface area contributed by atoms with Crippen LogP contribution in [-0.4, -0.2) is 37.0 Å². The van der Waals surface area contributed by atoms with E-state index < -0.39 is 6.09 Å². The van der Waals surface area contributed by atoms with E-state index in [4.69, 9.17) is 5.11 Å². The van der Waals surface area contributed by atoms with Gasteiger partial charge in [-0.3, -0.25) is 0 Å². The maximum atomic E-state index is 10.6. The quantitative estimate of drug-likeness (QED) is 0.615. The van der Waals surface area contributed by atoms with E-state index in [0.717, 1.165) is 32.2 Å². The second kappa shape index (κ2) is 15.5. The van der Waals surface area contributed by atoms with E-state index in [0.29, 0.717) is 13.2 Å². The van der Waals surface area contributed by atoms with Gasteiger partial charge in [0.25, 0.3) is 0 Å². The van der Waals surface area contributed by atoms with Crippen LogP contribution in [0.15, 0.2) is 0 Å². The molecule has 6 heteroatoms. The van der Waals surface area contributed by atoms with Crippen LogP contribution >= 0.6 is 0 Å². The van der Waals surface area contributed by atoms with Gasteiger partial charge in [-0.2, -0.15) is 0 Å². The van der Waals surface area contributed by atoms with Crippen molar-refractivity contribution in [3.8, 4) is 0 Å². The van der Waals surface area contributed by atoms with E-state index in [1.54, 1.807) is 6.92 Å². The van der Waals surface area contributed by atoms with Gasteiger partial charge in [0.1, 0.15) is 0 Å². The fraction of sp³-hybridized carbons (Fsp3) is 0.833. The molecular formula is C12H26N2O4. The lowest BCUT2D eigenvalue weighted by molar-refractivity contribution is 0.152. The maximum Gasteiger partial charge on any atom is 0.407 e. The predicted molar refractivity (Wildman–Crippen MR) is 70.9 cm³/mol. The molecule has 18 heavy (non-hydrogen) atoms. The first-order chi connectivity index (χ1) is 8.58. The fourth-order valence-corrected chi connectivity index (χ4v) is 0.921. The van der Waals surface area contributed by atoms with E-state index in [2.05, 4.69) is 22.3 Å². The second-order valence-corrected chi connectivity index (χ2v) is 3.59. The zero-order valence-electron chi connectivity index (χ0n) is 11.6. The minimum absolute atomic E-state index is 0.309. The summed E-state index contributed by atoms with van der Waals surface area (Å²) in [5, 5.41) is 12.9. The van der Waals surface area contributed by atoms with Gasteiger partial charge in [-0.15, -0.1) is 0 Å². The van der Waals surface area contributed by atoms with E-state index in [9.17, 15) is 9.59 Å². The molecule has 108 valence electrons. The van der Waals surface area contributed by atoms with Gasteiger partial charge in [0.05, 0.1) is 6.61 Å². The molecule has 6 nitrogen and oxygen atoms in total. The van der Waals surface area contributed by atoms with Gasteiger partial charge in [0.2, 0.25) is 0 Å². The average Bonchev–Trinajstić information content (AvgIpc) is 2.30. The molecule has 0 aliphatic heterocycles. The molecule has 0 bridgehead atoms. The molecule has 0 aliphatic carbocycles. The molecule has 0 heterocycles. The van der Waals surface area contributed by atoms with Crippen molar-refractivity contribution < 1.29 is 19.4 Å². The predicted octanol–water partition coefficient (Wildman–Crippen LogP) is 2.59. The maximum absolute atomic E-state index is 10.6. The Morgan fingerprint density at radius 3 is 1.89 bits per heavy atom. The number of rotatable bonds is 7. The summed E-state index contributed by atoms with van der Waals surface area (Å²) in [6.07, 6.45) is 2.81. The average molecular weight is 262 g/mol. The van der Waals surface area contributed by atoms with Crippen LogP contribution in [0.25, 0.3) is 0 Å². The summed E-state index contributed by atoms with van der Waals surface area (Å²) in [6.45, 7) is 7.62. The van der Waals surface area contributed by atoms with Crippen molar-refractivity contribution in [2.24, 2.45) is 0 Å². The van der Waals surface area contributed by atoms with Gasteiger partial charge in [-0.25, -0.2) is 9.59 Å². The standard InChI is InChI=1S/C7H15NO2.C5H11NO2/c1-3-5-6-8-7(9)10-4-2;1-2-3-4-6-5(7)8/h3-6H2,1-2H3,(H,8,9);6H,2-4H2,1H3,(H,7,8). The topological polar surface area (TPSA) is 87.7 Å². The Labute approximate surface area is 109 Å². The van der Waals surface area contributed by atoms with Crippen molar-refractivity contribution in [1.82, 2.24) is 10.6 Å². The molecule has 0 atom stereocenters. The number of nitrogens with one attached hydrogen (secondary N) is 2.